The van der Waals surface area contributed by atoms with Gasteiger partial charge < -0.3 is 0 Å². The maximum Gasteiger partial charge on any atom is 0.121 e. The van der Waals surface area contributed by atoms with Gasteiger partial charge in [0.25, 0.3) is 0 Å². The highest BCUT2D eigenvalue weighted by atomic mass is 15.5. The van der Waals surface area contributed by atoms with Crippen molar-refractivity contribution in [3.63, 3.8) is 0 Å². The molecule has 9 aromatic rings. The zero-order chi connectivity index (χ0) is 29.7. The van der Waals surface area contributed by atoms with E-state index in [2.05, 4.69) is 125 Å². The fraction of sp³-hybridized carbons (Fsp3) is 0. The van der Waals surface area contributed by atoms with E-state index >= 15 is 0 Å². The minimum absolute atomic E-state index is 0.851. The van der Waals surface area contributed by atoms with E-state index in [-0.39, 0.29) is 0 Å². The standard InChI is InChI=1S/C40H25N5/c1-6-16-35-30(11-1)36(23-37-40(35)44-45(43-37)29-19-17-26(18-20-29)27-9-7-21-41-24-27)39-33-14-4-2-12-31(33)38(28-10-8-22-42-25-28)32-13-3-5-15-34(32)39/h1-25H. The Morgan fingerprint density at radius 2 is 0.978 bits per heavy atom. The fourth-order valence-corrected chi connectivity index (χ4v) is 6.63. The molecule has 0 bridgehead atoms. The molecule has 45 heavy (non-hydrogen) atoms. The number of hydrogen-bond donors (Lipinski definition) is 0. The van der Waals surface area contributed by atoms with E-state index in [1.54, 1.807) is 11.0 Å². The monoisotopic (exact) mass is 575 g/mol. The number of pyridine rings is 2. The van der Waals surface area contributed by atoms with E-state index in [0.29, 0.717) is 0 Å². The number of hydrogen-bond acceptors (Lipinski definition) is 4. The minimum atomic E-state index is 0.851. The predicted octanol–water partition coefficient (Wildman–Crippen LogP) is 9.67. The number of rotatable bonds is 4. The second-order valence-electron chi connectivity index (χ2n) is 11.2. The molecule has 0 aliphatic carbocycles. The molecule has 0 atom stereocenters. The van der Waals surface area contributed by atoms with Gasteiger partial charge in [0.2, 0.25) is 0 Å². The molecule has 0 aliphatic rings. The molecule has 9 rings (SSSR count). The second kappa shape index (κ2) is 10.2. The molecular formula is C40H25N5. The molecule has 210 valence electrons. The highest BCUT2D eigenvalue weighted by Crippen LogP contribution is 2.46. The molecule has 0 N–H and O–H groups in total. The van der Waals surface area contributed by atoms with Crippen LogP contribution in [-0.4, -0.2) is 25.0 Å². The van der Waals surface area contributed by atoms with E-state index in [4.69, 9.17) is 10.2 Å². The van der Waals surface area contributed by atoms with Crippen LogP contribution in [-0.2, 0) is 0 Å². The van der Waals surface area contributed by atoms with Crippen molar-refractivity contribution >= 4 is 43.4 Å². The van der Waals surface area contributed by atoms with E-state index in [0.717, 1.165) is 49.7 Å². The van der Waals surface area contributed by atoms with Crippen LogP contribution in [0.3, 0.4) is 0 Å². The molecule has 5 nitrogen and oxygen atoms in total. The maximum absolute atomic E-state index is 5.03. The van der Waals surface area contributed by atoms with Crippen molar-refractivity contribution in [1.82, 2.24) is 25.0 Å². The van der Waals surface area contributed by atoms with Crippen molar-refractivity contribution < 1.29 is 0 Å². The van der Waals surface area contributed by atoms with Gasteiger partial charge >= 0.3 is 0 Å². The average Bonchev–Trinajstić information content (AvgIpc) is 3.56. The molecule has 0 amide bonds. The maximum atomic E-state index is 5.03. The third kappa shape index (κ3) is 4.09. The summed E-state index contributed by atoms with van der Waals surface area (Å²) in [7, 11) is 0. The highest BCUT2D eigenvalue weighted by Gasteiger charge is 2.20. The van der Waals surface area contributed by atoms with Crippen LogP contribution in [0.4, 0.5) is 0 Å². The first kappa shape index (κ1) is 25.3. The van der Waals surface area contributed by atoms with Crippen molar-refractivity contribution in [2.24, 2.45) is 0 Å². The Bertz CT molecular complexity index is 2460. The lowest BCUT2D eigenvalue weighted by Gasteiger charge is -2.18. The summed E-state index contributed by atoms with van der Waals surface area (Å²) >= 11 is 0. The number of aromatic nitrogens is 5. The summed E-state index contributed by atoms with van der Waals surface area (Å²) in [5, 5.41) is 17.0. The molecule has 0 radical (unpaired) electrons. The third-order valence-corrected chi connectivity index (χ3v) is 8.64. The van der Waals surface area contributed by atoms with E-state index in [1.807, 2.05) is 30.7 Å². The molecular weight excluding hydrogens is 550 g/mol. The molecule has 0 fully saturated rings. The summed E-state index contributed by atoms with van der Waals surface area (Å²) in [5.41, 5.74) is 9.46. The van der Waals surface area contributed by atoms with Gasteiger partial charge in [-0.15, -0.1) is 10.2 Å². The van der Waals surface area contributed by atoms with Crippen LogP contribution in [0.25, 0.3) is 82.4 Å². The zero-order valence-electron chi connectivity index (χ0n) is 24.2. The second-order valence-corrected chi connectivity index (χ2v) is 11.2. The molecule has 3 aromatic heterocycles. The highest BCUT2D eigenvalue weighted by molar-refractivity contribution is 6.25. The van der Waals surface area contributed by atoms with Crippen molar-refractivity contribution in [2.75, 3.05) is 0 Å². The topological polar surface area (TPSA) is 56.5 Å². The van der Waals surface area contributed by atoms with Crippen LogP contribution in [0.1, 0.15) is 0 Å². The Kier molecular flexibility index (Phi) is 5.74. The van der Waals surface area contributed by atoms with Crippen LogP contribution in [0, 0.1) is 0 Å². The van der Waals surface area contributed by atoms with Crippen LogP contribution in [0.15, 0.2) is 152 Å². The lowest BCUT2D eigenvalue weighted by molar-refractivity contribution is 0.766. The van der Waals surface area contributed by atoms with Gasteiger partial charge in [-0.1, -0.05) is 97.1 Å². The Hall–Kier alpha value is -6.20. The molecule has 0 saturated heterocycles. The first-order valence-corrected chi connectivity index (χ1v) is 15.0. The quantitative estimate of drug-likeness (QED) is 0.196. The summed E-state index contributed by atoms with van der Waals surface area (Å²) in [4.78, 5) is 10.5. The van der Waals surface area contributed by atoms with Crippen LogP contribution < -0.4 is 0 Å². The molecule has 0 spiro atoms. The summed E-state index contributed by atoms with van der Waals surface area (Å²) in [6, 6.07) is 44.6. The molecule has 3 heterocycles. The summed E-state index contributed by atoms with van der Waals surface area (Å²) in [6.45, 7) is 0. The summed E-state index contributed by atoms with van der Waals surface area (Å²) in [6.07, 6.45) is 7.44. The van der Waals surface area contributed by atoms with Crippen molar-refractivity contribution in [1.29, 1.82) is 0 Å². The number of benzene rings is 6. The van der Waals surface area contributed by atoms with Crippen LogP contribution in [0.2, 0.25) is 0 Å². The lowest BCUT2D eigenvalue weighted by Crippen LogP contribution is -1.98. The average molecular weight is 576 g/mol. The largest absolute Gasteiger partial charge is 0.264 e. The Labute approximate surface area is 259 Å². The summed E-state index contributed by atoms with van der Waals surface area (Å²) in [5.74, 6) is 0. The normalized spacial score (nSPS) is 11.6. The smallest absolute Gasteiger partial charge is 0.121 e. The number of fused-ring (bicyclic) bond motifs is 5. The molecule has 0 aliphatic heterocycles. The Morgan fingerprint density at radius 3 is 1.58 bits per heavy atom. The van der Waals surface area contributed by atoms with Crippen LogP contribution in [0.5, 0.6) is 0 Å². The van der Waals surface area contributed by atoms with Crippen molar-refractivity contribution in [2.45, 2.75) is 0 Å². The Morgan fingerprint density at radius 1 is 0.422 bits per heavy atom. The first-order valence-electron chi connectivity index (χ1n) is 15.0. The van der Waals surface area contributed by atoms with Gasteiger partial charge in [0, 0.05) is 35.7 Å². The lowest BCUT2D eigenvalue weighted by atomic mass is 9.85. The van der Waals surface area contributed by atoms with Gasteiger partial charge in [-0.05, 0) is 85.1 Å². The predicted molar refractivity (Wildman–Crippen MR) is 183 cm³/mol. The van der Waals surface area contributed by atoms with Gasteiger partial charge in [-0.3, -0.25) is 9.97 Å². The van der Waals surface area contributed by atoms with Crippen molar-refractivity contribution in [3.8, 4) is 39.1 Å². The molecule has 0 saturated carbocycles. The van der Waals surface area contributed by atoms with Crippen molar-refractivity contribution in [3.05, 3.63) is 152 Å². The molecule has 0 unspecified atom stereocenters. The van der Waals surface area contributed by atoms with E-state index in [1.165, 1.54) is 32.7 Å². The third-order valence-electron chi connectivity index (χ3n) is 8.64. The van der Waals surface area contributed by atoms with Gasteiger partial charge in [-0.25, -0.2) is 0 Å². The fourth-order valence-electron chi connectivity index (χ4n) is 6.63. The van der Waals surface area contributed by atoms with E-state index < -0.39 is 0 Å². The summed E-state index contributed by atoms with van der Waals surface area (Å²) < 4.78 is 0. The zero-order valence-corrected chi connectivity index (χ0v) is 24.2. The van der Waals surface area contributed by atoms with Gasteiger partial charge in [0.1, 0.15) is 11.0 Å². The van der Waals surface area contributed by atoms with E-state index in [9.17, 15) is 0 Å². The minimum Gasteiger partial charge on any atom is -0.264 e. The number of nitrogens with zero attached hydrogens (tertiary/aromatic N) is 5. The van der Waals surface area contributed by atoms with Gasteiger partial charge in [-0.2, -0.15) is 4.80 Å². The SMILES string of the molecule is c1cncc(-c2ccc(-n3nc4cc(-c5c6ccccc6c(-c6cccnc6)c6ccccc56)c5ccccc5c4n3)cc2)c1. The Balaban J connectivity index is 1.30. The molecule has 6 aromatic carbocycles. The first-order chi connectivity index (χ1) is 22.3. The van der Waals surface area contributed by atoms with Gasteiger partial charge in [0.05, 0.1) is 5.69 Å². The van der Waals surface area contributed by atoms with Gasteiger partial charge in [0.15, 0.2) is 0 Å². The van der Waals surface area contributed by atoms with Crippen LogP contribution >= 0.6 is 0 Å². The molecule has 5 heteroatoms.